The van der Waals surface area contributed by atoms with E-state index in [1.54, 1.807) is 11.1 Å². The van der Waals surface area contributed by atoms with Gasteiger partial charge < -0.3 is 20.7 Å². The van der Waals surface area contributed by atoms with Gasteiger partial charge in [-0.15, -0.1) is 0 Å². The van der Waals surface area contributed by atoms with Gasteiger partial charge in [0.25, 0.3) is 0 Å². The lowest BCUT2D eigenvalue weighted by Crippen LogP contribution is -2.46. The van der Waals surface area contributed by atoms with Gasteiger partial charge in [0.15, 0.2) is 0 Å². The van der Waals surface area contributed by atoms with Gasteiger partial charge in [-0.2, -0.15) is 5.26 Å². The molecule has 0 radical (unpaired) electrons. The van der Waals surface area contributed by atoms with Crippen LogP contribution in [0, 0.1) is 11.3 Å². The number of hydrogen-bond donors (Lipinski definition) is 2. The van der Waals surface area contributed by atoms with Gasteiger partial charge in [0.05, 0.1) is 12.1 Å². The number of nitrogens with zero attached hydrogens (tertiary/aromatic N) is 3. The molecule has 2 aromatic carbocycles. The molecule has 3 aromatic rings. The van der Waals surface area contributed by atoms with Gasteiger partial charge in [-0.3, -0.25) is 4.79 Å². The van der Waals surface area contributed by atoms with Crippen LogP contribution in [-0.2, 0) is 11.2 Å². The number of anilines is 2. The summed E-state index contributed by atoms with van der Waals surface area (Å²) in [6.45, 7) is 0.605. The number of benzene rings is 2. The molecule has 32 heavy (non-hydrogen) atoms. The summed E-state index contributed by atoms with van der Waals surface area (Å²) >= 11 is 0. The second kappa shape index (κ2) is 9.94. The van der Waals surface area contributed by atoms with E-state index in [0.717, 1.165) is 29.9 Å². The van der Waals surface area contributed by atoms with E-state index in [2.05, 4.69) is 16.4 Å². The van der Waals surface area contributed by atoms with Crippen molar-refractivity contribution in [3.63, 3.8) is 0 Å². The van der Waals surface area contributed by atoms with Crippen molar-refractivity contribution in [3.05, 3.63) is 78.5 Å². The number of nitriles is 1. The van der Waals surface area contributed by atoms with Crippen LogP contribution in [0.1, 0.15) is 18.4 Å². The number of carbonyl (C=O) groups is 1. The number of amides is 1. The third-order valence-corrected chi connectivity index (χ3v) is 5.41. The number of rotatable bonds is 7. The smallest absolute Gasteiger partial charge is 0.240 e. The highest BCUT2D eigenvalue weighted by Crippen LogP contribution is 2.25. The summed E-state index contributed by atoms with van der Waals surface area (Å²) in [5, 5.41) is 12.4. The maximum absolute atomic E-state index is 12.6. The molecule has 162 valence electrons. The van der Waals surface area contributed by atoms with Crippen LogP contribution in [0.4, 0.5) is 11.5 Å². The molecule has 4 rings (SSSR count). The molecule has 0 spiro atoms. The Labute approximate surface area is 187 Å². The number of likely N-dealkylation sites (tertiary alicyclic amines) is 1. The lowest BCUT2D eigenvalue weighted by molar-refractivity contribution is -0.132. The van der Waals surface area contributed by atoms with Gasteiger partial charge >= 0.3 is 0 Å². The normalized spacial score (nSPS) is 16.2. The standard InChI is InChI=1S/C25H25N5O2/c26-17-20-4-3-15-30(20)25(31)23(27)16-18-6-10-21(11-7-18)32-22-12-8-19(9-13-22)29-24-5-1-2-14-28-24/h1-2,5-14,20,23H,3-4,15-16,27H2,(H,28,29)/t20?,23-/m0/s1. The molecule has 0 aliphatic carbocycles. The summed E-state index contributed by atoms with van der Waals surface area (Å²) in [5.74, 6) is 2.03. The van der Waals surface area contributed by atoms with Crippen LogP contribution in [0.25, 0.3) is 0 Å². The molecule has 1 aliphatic rings. The van der Waals surface area contributed by atoms with Crippen LogP contribution < -0.4 is 15.8 Å². The number of aromatic nitrogens is 1. The fourth-order valence-electron chi connectivity index (χ4n) is 3.74. The molecule has 7 heteroatoms. The van der Waals surface area contributed by atoms with E-state index in [1.165, 1.54) is 0 Å². The van der Waals surface area contributed by atoms with Gasteiger partial charge in [0.1, 0.15) is 23.4 Å². The predicted octanol–water partition coefficient (Wildman–Crippen LogP) is 4.00. The average molecular weight is 428 g/mol. The molecule has 1 aromatic heterocycles. The summed E-state index contributed by atoms with van der Waals surface area (Å²) in [6, 6.07) is 22.0. The molecule has 3 N–H and O–H groups in total. The van der Waals surface area contributed by atoms with Gasteiger partial charge in [0, 0.05) is 18.4 Å². The van der Waals surface area contributed by atoms with E-state index < -0.39 is 6.04 Å². The van der Waals surface area contributed by atoms with Crippen molar-refractivity contribution >= 4 is 17.4 Å². The van der Waals surface area contributed by atoms with Crippen LogP contribution in [0.2, 0.25) is 0 Å². The lowest BCUT2D eigenvalue weighted by atomic mass is 10.0. The number of carbonyl (C=O) groups excluding carboxylic acids is 1. The van der Waals surface area contributed by atoms with E-state index in [1.807, 2.05) is 66.7 Å². The quantitative estimate of drug-likeness (QED) is 0.591. The topological polar surface area (TPSA) is 104 Å². The van der Waals surface area contributed by atoms with Crippen molar-refractivity contribution < 1.29 is 9.53 Å². The highest BCUT2D eigenvalue weighted by Gasteiger charge is 2.31. The molecule has 1 amide bonds. The van der Waals surface area contributed by atoms with E-state index >= 15 is 0 Å². The van der Waals surface area contributed by atoms with Crippen LogP contribution in [0.15, 0.2) is 72.9 Å². The van der Waals surface area contributed by atoms with Gasteiger partial charge in [-0.1, -0.05) is 18.2 Å². The molecule has 2 atom stereocenters. The zero-order valence-corrected chi connectivity index (χ0v) is 17.6. The SMILES string of the molecule is N#CC1CCCN1C(=O)[C@@H](N)Cc1ccc(Oc2ccc(Nc3ccccn3)cc2)cc1. The fraction of sp³-hybridized carbons (Fsp3) is 0.240. The van der Waals surface area contributed by atoms with Crippen LogP contribution in [0.5, 0.6) is 11.5 Å². The lowest BCUT2D eigenvalue weighted by Gasteiger charge is -2.23. The van der Waals surface area contributed by atoms with Crippen molar-refractivity contribution in [1.29, 1.82) is 5.26 Å². The third kappa shape index (κ3) is 5.23. The Morgan fingerprint density at radius 2 is 1.88 bits per heavy atom. The highest BCUT2D eigenvalue weighted by molar-refractivity contribution is 5.82. The van der Waals surface area contributed by atoms with Crippen molar-refractivity contribution in [1.82, 2.24) is 9.88 Å². The summed E-state index contributed by atoms with van der Waals surface area (Å²) in [4.78, 5) is 18.4. The molecule has 1 aliphatic heterocycles. The molecule has 1 fully saturated rings. The maximum Gasteiger partial charge on any atom is 0.240 e. The minimum Gasteiger partial charge on any atom is -0.457 e. The first-order valence-electron chi connectivity index (χ1n) is 10.6. The highest BCUT2D eigenvalue weighted by atomic mass is 16.5. The summed E-state index contributed by atoms with van der Waals surface area (Å²) < 4.78 is 5.92. The zero-order chi connectivity index (χ0) is 22.3. The average Bonchev–Trinajstić information content (AvgIpc) is 3.31. The Morgan fingerprint density at radius 1 is 1.16 bits per heavy atom. The van der Waals surface area contributed by atoms with E-state index in [0.29, 0.717) is 24.5 Å². The fourth-order valence-corrected chi connectivity index (χ4v) is 3.74. The van der Waals surface area contributed by atoms with Gasteiger partial charge in [-0.05, 0) is 73.4 Å². The van der Waals surface area contributed by atoms with Crippen LogP contribution in [0.3, 0.4) is 0 Å². The Hall–Kier alpha value is -3.89. The van der Waals surface area contributed by atoms with Crippen LogP contribution in [-0.4, -0.2) is 34.4 Å². The molecule has 1 saturated heterocycles. The van der Waals surface area contributed by atoms with E-state index in [4.69, 9.17) is 10.5 Å². The maximum atomic E-state index is 12.6. The predicted molar refractivity (Wildman–Crippen MR) is 123 cm³/mol. The number of pyridine rings is 1. The van der Waals surface area contributed by atoms with Crippen molar-refractivity contribution in [2.45, 2.75) is 31.3 Å². The summed E-state index contributed by atoms with van der Waals surface area (Å²) in [7, 11) is 0. The number of nitrogens with one attached hydrogen (secondary N) is 1. The minimum atomic E-state index is -0.658. The van der Waals surface area contributed by atoms with Crippen molar-refractivity contribution in [2.75, 3.05) is 11.9 Å². The number of nitrogens with two attached hydrogens (primary N) is 1. The Bertz CT molecular complexity index is 1080. The molecular formula is C25H25N5O2. The first-order valence-corrected chi connectivity index (χ1v) is 10.6. The summed E-state index contributed by atoms with van der Waals surface area (Å²) in [5.41, 5.74) is 8.00. The Morgan fingerprint density at radius 3 is 2.53 bits per heavy atom. The molecule has 1 unspecified atom stereocenters. The van der Waals surface area contributed by atoms with Crippen LogP contribution >= 0.6 is 0 Å². The molecular weight excluding hydrogens is 402 g/mol. The first-order chi connectivity index (χ1) is 15.6. The monoisotopic (exact) mass is 427 g/mol. The van der Waals surface area contributed by atoms with Gasteiger partial charge in [-0.25, -0.2) is 4.98 Å². The van der Waals surface area contributed by atoms with E-state index in [9.17, 15) is 10.1 Å². The molecule has 0 bridgehead atoms. The number of ether oxygens (including phenoxy) is 1. The third-order valence-electron chi connectivity index (χ3n) is 5.41. The van der Waals surface area contributed by atoms with E-state index in [-0.39, 0.29) is 11.9 Å². The van der Waals surface area contributed by atoms with Crippen molar-refractivity contribution in [2.24, 2.45) is 5.73 Å². The minimum absolute atomic E-state index is 0.159. The molecule has 7 nitrogen and oxygen atoms in total. The Kier molecular flexibility index (Phi) is 6.63. The molecule has 0 saturated carbocycles. The second-order valence-electron chi connectivity index (χ2n) is 7.74. The number of hydrogen-bond acceptors (Lipinski definition) is 6. The Balaban J connectivity index is 1.32. The molecule has 2 heterocycles. The van der Waals surface area contributed by atoms with Crippen molar-refractivity contribution in [3.8, 4) is 17.6 Å². The van der Waals surface area contributed by atoms with Gasteiger partial charge in [0.2, 0.25) is 5.91 Å². The first kappa shape index (κ1) is 21.3. The summed E-state index contributed by atoms with van der Waals surface area (Å²) in [6.07, 6.45) is 3.73. The zero-order valence-electron chi connectivity index (χ0n) is 17.6. The second-order valence-corrected chi connectivity index (χ2v) is 7.74. The largest absolute Gasteiger partial charge is 0.457 e.